The van der Waals surface area contributed by atoms with Crippen LogP contribution in [-0.4, -0.2) is 60.3 Å². The fourth-order valence-electron chi connectivity index (χ4n) is 5.11. The molecular weight excluding hydrogens is 490 g/mol. The van der Waals surface area contributed by atoms with Crippen molar-refractivity contribution in [2.24, 2.45) is 0 Å². The van der Waals surface area contributed by atoms with E-state index in [1.807, 2.05) is 66.3 Å². The number of aromatic nitrogens is 6. The molecule has 4 N–H and O–H groups in total. The van der Waals surface area contributed by atoms with E-state index in [9.17, 15) is 4.79 Å². The first kappa shape index (κ1) is 24.7. The number of piperidine rings is 1. The Hall–Kier alpha value is -4.57. The minimum atomic E-state index is -0.398. The van der Waals surface area contributed by atoms with Crippen LogP contribution in [0, 0.1) is 6.92 Å². The first-order valence-electron chi connectivity index (χ1n) is 13.1. The van der Waals surface area contributed by atoms with E-state index in [0.717, 1.165) is 59.9 Å². The van der Waals surface area contributed by atoms with Crippen molar-refractivity contribution in [1.29, 1.82) is 0 Å². The molecule has 1 fully saturated rings. The molecule has 5 aromatic heterocycles. The van der Waals surface area contributed by atoms with Crippen LogP contribution in [0.4, 0.5) is 5.82 Å². The van der Waals surface area contributed by atoms with Crippen LogP contribution in [0.25, 0.3) is 28.3 Å². The second-order valence-corrected chi connectivity index (χ2v) is 10.1. The number of amides is 1. The molecule has 39 heavy (non-hydrogen) atoms. The molecule has 10 nitrogen and oxygen atoms in total. The standard InChI is InChI=1S/C29H31N9O/c1-18-15-32-24-9-8-20(17-38(18)24)25-26(23-7-4-12-31-23)36-28(30)27(35-25)29(39)33-16-21-5-3-6-22(34-21)19-10-13-37(2)14-11-19/h3-9,12,15,17,19,31H,10-11,13-14,16H2,1-2H3,(H2,30,36)(H,33,39). The van der Waals surface area contributed by atoms with Crippen LogP contribution in [0.2, 0.25) is 0 Å². The van der Waals surface area contributed by atoms with Crippen molar-refractivity contribution in [2.45, 2.75) is 32.2 Å². The second kappa shape index (κ2) is 10.3. The van der Waals surface area contributed by atoms with Crippen LogP contribution in [0.15, 0.2) is 61.1 Å². The monoisotopic (exact) mass is 521 g/mol. The number of anilines is 1. The third-order valence-electron chi connectivity index (χ3n) is 7.35. The van der Waals surface area contributed by atoms with E-state index in [4.69, 9.17) is 15.7 Å². The predicted molar refractivity (Wildman–Crippen MR) is 150 cm³/mol. The average molecular weight is 522 g/mol. The van der Waals surface area contributed by atoms with Crippen molar-refractivity contribution in [3.63, 3.8) is 0 Å². The molecule has 0 bridgehead atoms. The Morgan fingerprint density at radius 3 is 2.72 bits per heavy atom. The molecule has 5 aromatic rings. The molecule has 1 saturated heterocycles. The molecule has 0 atom stereocenters. The fraction of sp³-hybridized carbons (Fsp3) is 0.276. The van der Waals surface area contributed by atoms with Crippen LogP contribution < -0.4 is 11.1 Å². The minimum absolute atomic E-state index is 0.0637. The number of H-pyrrole nitrogens is 1. The lowest BCUT2D eigenvalue weighted by molar-refractivity contribution is 0.0946. The topological polar surface area (TPSA) is 130 Å². The van der Waals surface area contributed by atoms with Gasteiger partial charge in [-0.3, -0.25) is 9.78 Å². The number of imidazole rings is 1. The van der Waals surface area contributed by atoms with Gasteiger partial charge in [0.15, 0.2) is 11.5 Å². The van der Waals surface area contributed by atoms with Crippen LogP contribution >= 0.6 is 0 Å². The van der Waals surface area contributed by atoms with Crippen LogP contribution in [0.3, 0.4) is 0 Å². The summed E-state index contributed by atoms with van der Waals surface area (Å²) in [5.74, 6) is 0.109. The van der Waals surface area contributed by atoms with E-state index < -0.39 is 5.91 Å². The maximum Gasteiger partial charge on any atom is 0.274 e. The molecule has 1 aliphatic rings. The van der Waals surface area contributed by atoms with Gasteiger partial charge in [-0.25, -0.2) is 15.0 Å². The number of fused-ring (bicyclic) bond motifs is 1. The average Bonchev–Trinajstić information content (AvgIpc) is 3.62. The maximum atomic E-state index is 13.3. The highest BCUT2D eigenvalue weighted by Gasteiger charge is 2.22. The van der Waals surface area contributed by atoms with Gasteiger partial charge in [-0.05, 0) is 76.3 Å². The van der Waals surface area contributed by atoms with Gasteiger partial charge in [0.05, 0.1) is 17.9 Å². The SMILES string of the molecule is Cc1cnc2ccc(-c3nc(C(=O)NCc4cccc(C5CCN(C)CC5)n4)c(N)nc3-c3ccc[nH]3)cn12. The van der Waals surface area contributed by atoms with E-state index in [0.29, 0.717) is 17.3 Å². The van der Waals surface area contributed by atoms with E-state index in [1.165, 1.54) is 0 Å². The van der Waals surface area contributed by atoms with E-state index in [1.54, 1.807) is 0 Å². The summed E-state index contributed by atoms with van der Waals surface area (Å²) in [5.41, 5.74) is 12.7. The highest BCUT2D eigenvalue weighted by atomic mass is 16.1. The maximum absolute atomic E-state index is 13.3. The van der Waals surface area contributed by atoms with Crippen molar-refractivity contribution in [2.75, 3.05) is 25.9 Å². The molecule has 198 valence electrons. The zero-order valence-electron chi connectivity index (χ0n) is 22.1. The van der Waals surface area contributed by atoms with Gasteiger partial charge in [0.1, 0.15) is 17.0 Å². The summed E-state index contributed by atoms with van der Waals surface area (Å²) in [6.45, 7) is 4.39. The van der Waals surface area contributed by atoms with Crippen LogP contribution in [0.1, 0.15) is 46.3 Å². The van der Waals surface area contributed by atoms with Gasteiger partial charge < -0.3 is 25.3 Å². The van der Waals surface area contributed by atoms with Gasteiger partial charge in [0.25, 0.3) is 5.91 Å². The summed E-state index contributed by atoms with van der Waals surface area (Å²) in [6, 6.07) is 13.6. The summed E-state index contributed by atoms with van der Waals surface area (Å²) in [7, 11) is 2.15. The number of aromatic amines is 1. The fourth-order valence-corrected chi connectivity index (χ4v) is 5.11. The first-order valence-corrected chi connectivity index (χ1v) is 13.1. The number of rotatable bonds is 6. The largest absolute Gasteiger partial charge is 0.382 e. The number of pyridine rings is 2. The summed E-state index contributed by atoms with van der Waals surface area (Å²) in [6.07, 6.45) is 7.75. The number of carbonyl (C=O) groups is 1. The number of nitrogens with zero attached hydrogens (tertiary/aromatic N) is 6. The summed E-state index contributed by atoms with van der Waals surface area (Å²) in [4.78, 5) is 37.5. The lowest BCUT2D eigenvalue weighted by Crippen LogP contribution is -2.30. The molecule has 0 radical (unpaired) electrons. The third-order valence-corrected chi connectivity index (χ3v) is 7.35. The number of hydrogen-bond donors (Lipinski definition) is 3. The molecule has 1 aliphatic heterocycles. The van der Waals surface area contributed by atoms with Gasteiger partial charge in [-0.2, -0.15) is 0 Å². The molecule has 0 unspecified atom stereocenters. The second-order valence-electron chi connectivity index (χ2n) is 10.1. The zero-order valence-corrected chi connectivity index (χ0v) is 22.1. The minimum Gasteiger partial charge on any atom is -0.382 e. The van der Waals surface area contributed by atoms with E-state index >= 15 is 0 Å². The molecule has 0 aliphatic carbocycles. The number of nitrogens with one attached hydrogen (secondary N) is 2. The number of nitrogens with two attached hydrogens (primary N) is 1. The summed E-state index contributed by atoms with van der Waals surface area (Å²) < 4.78 is 1.98. The Balaban J connectivity index is 1.28. The van der Waals surface area contributed by atoms with Gasteiger partial charge in [-0.1, -0.05) is 6.07 Å². The molecule has 1 amide bonds. The Morgan fingerprint density at radius 2 is 1.92 bits per heavy atom. The van der Waals surface area contributed by atoms with Gasteiger partial charge in [0.2, 0.25) is 0 Å². The molecule has 6 rings (SSSR count). The quantitative estimate of drug-likeness (QED) is 0.310. The van der Waals surface area contributed by atoms with Gasteiger partial charge in [-0.15, -0.1) is 0 Å². The molecule has 0 saturated carbocycles. The molecular formula is C29H31N9O. The van der Waals surface area contributed by atoms with Crippen molar-refractivity contribution < 1.29 is 4.79 Å². The van der Waals surface area contributed by atoms with Crippen LogP contribution in [0.5, 0.6) is 0 Å². The molecule has 0 aromatic carbocycles. The highest BCUT2D eigenvalue weighted by Crippen LogP contribution is 2.31. The van der Waals surface area contributed by atoms with Crippen molar-refractivity contribution in [3.05, 3.63) is 83.8 Å². The Morgan fingerprint density at radius 1 is 1.08 bits per heavy atom. The number of likely N-dealkylation sites (tertiary alicyclic amines) is 1. The Labute approximate surface area is 226 Å². The number of hydrogen-bond acceptors (Lipinski definition) is 7. The highest BCUT2D eigenvalue weighted by molar-refractivity contribution is 5.97. The van der Waals surface area contributed by atoms with Gasteiger partial charge in [0, 0.05) is 41.5 Å². The van der Waals surface area contributed by atoms with E-state index in [-0.39, 0.29) is 18.1 Å². The van der Waals surface area contributed by atoms with Crippen molar-refractivity contribution in [1.82, 2.24) is 39.5 Å². The first-order chi connectivity index (χ1) is 19.0. The normalized spacial score (nSPS) is 14.6. The third kappa shape index (κ3) is 4.98. The lowest BCUT2D eigenvalue weighted by atomic mass is 9.93. The molecule has 6 heterocycles. The van der Waals surface area contributed by atoms with Crippen LogP contribution in [-0.2, 0) is 6.54 Å². The number of nitrogen functional groups attached to an aromatic ring is 1. The van der Waals surface area contributed by atoms with Crippen molar-refractivity contribution >= 4 is 17.4 Å². The van der Waals surface area contributed by atoms with Gasteiger partial charge >= 0.3 is 0 Å². The Bertz CT molecular complexity index is 1630. The van der Waals surface area contributed by atoms with E-state index in [2.05, 4.69) is 38.3 Å². The molecule has 0 spiro atoms. The predicted octanol–water partition coefficient (Wildman–Crippen LogP) is 3.81. The number of carbonyl (C=O) groups excluding carboxylic acids is 1. The lowest BCUT2D eigenvalue weighted by Gasteiger charge is -2.28. The Kier molecular flexibility index (Phi) is 6.54. The number of aryl methyl sites for hydroxylation is 1. The summed E-state index contributed by atoms with van der Waals surface area (Å²) >= 11 is 0. The summed E-state index contributed by atoms with van der Waals surface area (Å²) in [5, 5.41) is 2.95. The zero-order chi connectivity index (χ0) is 26.9. The molecule has 10 heteroatoms. The smallest absolute Gasteiger partial charge is 0.274 e. The van der Waals surface area contributed by atoms with Crippen molar-refractivity contribution in [3.8, 4) is 22.6 Å².